The maximum Gasteiger partial charge on any atom is 0.244 e. The SMILES string of the molecule is CCNCc1n[nH]c(C)c1S(=O)(=O)NCc1cscc1C. The van der Waals surface area contributed by atoms with E-state index in [9.17, 15) is 8.42 Å². The van der Waals surface area contributed by atoms with Crippen LogP contribution in [0.2, 0.25) is 0 Å². The number of aromatic amines is 1. The molecule has 0 spiro atoms. The zero-order valence-electron chi connectivity index (χ0n) is 12.4. The van der Waals surface area contributed by atoms with Gasteiger partial charge in [0.15, 0.2) is 0 Å². The molecule has 0 aliphatic carbocycles. The highest BCUT2D eigenvalue weighted by Gasteiger charge is 2.24. The Morgan fingerprint density at radius 3 is 2.67 bits per heavy atom. The Bertz CT molecular complexity index is 704. The Labute approximate surface area is 129 Å². The van der Waals surface area contributed by atoms with E-state index in [4.69, 9.17) is 0 Å². The first-order chi connectivity index (χ1) is 9.95. The maximum atomic E-state index is 12.5. The summed E-state index contributed by atoms with van der Waals surface area (Å²) in [5.74, 6) is 0. The van der Waals surface area contributed by atoms with Crippen LogP contribution in [0, 0.1) is 13.8 Å². The smallest absolute Gasteiger partial charge is 0.244 e. The summed E-state index contributed by atoms with van der Waals surface area (Å²) >= 11 is 1.57. The minimum atomic E-state index is -3.58. The highest BCUT2D eigenvalue weighted by molar-refractivity contribution is 7.89. The minimum Gasteiger partial charge on any atom is -0.311 e. The van der Waals surface area contributed by atoms with E-state index in [0.717, 1.165) is 17.7 Å². The molecule has 116 valence electrons. The van der Waals surface area contributed by atoms with Crippen LogP contribution in [0.1, 0.15) is 29.4 Å². The second-order valence-corrected chi connectivity index (χ2v) is 7.26. The van der Waals surface area contributed by atoms with Crippen molar-refractivity contribution in [3.05, 3.63) is 33.3 Å². The van der Waals surface area contributed by atoms with Crippen molar-refractivity contribution in [2.75, 3.05) is 6.54 Å². The quantitative estimate of drug-likeness (QED) is 0.721. The minimum absolute atomic E-state index is 0.247. The number of aryl methyl sites for hydroxylation is 2. The van der Waals surface area contributed by atoms with E-state index in [1.807, 2.05) is 24.6 Å². The number of H-pyrrole nitrogens is 1. The zero-order chi connectivity index (χ0) is 15.5. The van der Waals surface area contributed by atoms with Gasteiger partial charge in [0.2, 0.25) is 10.0 Å². The fourth-order valence-electron chi connectivity index (χ4n) is 2.00. The zero-order valence-corrected chi connectivity index (χ0v) is 14.0. The highest BCUT2D eigenvalue weighted by Crippen LogP contribution is 2.19. The average molecular weight is 328 g/mol. The number of aromatic nitrogens is 2. The van der Waals surface area contributed by atoms with Gasteiger partial charge in [-0.1, -0.05) is 6.92 Å². The van der Waals surface area contributed by atoms with Crippen LogP contribution in [0.25, 0.3) is 0 Å². The Kier molecular flexibility index (Phi) is 5.15. The van der Waals surface area contributed by atoms with Crippen LogP contribution in [0.4, 0.5) is 0 Å². The molecule has 2 aromatic rings. The standard InChI is InChI=1S/C13H20N4O2S2/c1-4-14-6-12-13(10(3)16-17-12)21(18,19)15-5-11-8-20-7-9(11)2/h7-8,14-15H,4-6H2,1-3H3,(H,16,17). The molecule has 8 heteroatoms. The van der Waals surface area contributed by atoms with Crippen molar-refractivity contribution >= 4 is 21.4 Å². The van der Waals surface area contributed by atoms with E-state index in [-0.39, 0.29) is 4.90 Å². The van der Waals surface area contributed by atoms with Gasteiger partial charge in [0, 0.05) is 13.1 Å². The molecule has 2 aromatic heterocycles. The lowest BCUT2D eigenvalue weighted by Crippen LogP contribution is -2.25. The second kappa shape index (κ2) is 6.69. The van der Waals surface area contributed by atoms with E-state index < -0.39 is 10.0 Å². The molecule has 2 rings (SSSR count). The molecule has 0 saturated carbocycles. The Morgan fingerprint density at radius 1 is 1.29 bits per heavy atom. The summed E-state index contributed by atoms with van der Waals surface area (Å²) in [4.78, 5) is 0.247. The summed E-state index contributed by atoms with van der Waals surface area (Å²) in [5, 5.41) is 13.9. The summed E-state index contributed by atoms with van der Waals surface area (Å²) in [6.07, 6.45) is 0. The lowest BCUT2D eigenvalue weighted by molar-refractivity contribution is 0.578. The molecule has 0 aliphatic heterocycles. The van der Waals surface area contributed by atoms with Gasteiger partial charge in [-0.2, -0.15) is 16.4 Å². The third-order valence-electron chi connectivity index (χ3n) is 3.19. The number of nitrogens with one attached hydrogen (secondary N) is 3. The van der Waals surface area contributed by atoms with Gasteiger partial charge < -0.3 is 5.32 Å². The van der Waals surface area contributed by atoms with Crippen LogP contribution in [0.3, 0.4) is 0 Å². The molecule has 21 heavy (non-hydrogen) atoms. The number of hydrogen-bond donors (Lipinski definition) is 3. The molecule has 2 heterocycles. The molecule has 0 fully saturated rings. The summed E-state index contributed by atoms with van der Waals surface area (Å²) in [6.45, 7) is 7.13. The lowest BCUT2D eigenvalue weighted by atomic mass is 10.2. The molecule has 0 unspecified atom stereocenters. The molecular weight excluding hydrogens is 308 g/mol. The summed E-state index contributed by atoms with van der Waals surface area (Å²) in [6, 6.07) is 0. The summed E-state index contributed by atoms with van der Waals surface area (Å²) in [7, 11) is -3.58. The Hall–Kier alpha value is -1.22. The van der Waals surface area contributed by atoms with Gasteiger partial charge in [-0.25, -0.2) is 13.1 Å². The van der Waals surface area contributed by atoms with E-state index in [1.54, 1.807) is 18.3 Å². The summed E-state index contributed by atoms with van der Waals surface area (Å²) in [5.41, 5.74) is 3.17. The molecule has 0 amide bonds. The van der Waals surface area contributed by atoms with Crippen LogP contribution >= 0.6 is 11.3 Å². The van der Waals surface area contributed by atoms with Gasteiger partial charge in [-0.15, -0.1) is 0 Å². The molecule has 6 nitrogen and oxygen atoms in total. The molecule has 0 radical (unpaired) electrons. The van der Waals surface area contributed by atoms with E-state index >= 15 is 0 Å². The average Bonchev–Trinajstić information content (AvgIpc) is 3.00. The second-order valence-electron chi connectivity index (χ2n) is 4.81. The van der Waals surface area contributed by atoms with Crippen LogP contribution < -0.4 is 10.0 Å². The van der Waals surface area contributed by atoms with Gasteiger partial charge >= 0.3 is 0 Å². The Balaban J connectivity index is 2.19. The van der Waals surface area contributed by atoms with E-state index in [1.165, 1.54) is 0 Å². The summed E-state index contributed by atoms with van der Waals surface area (Å²) < 4.78 is 27.7. The van der Waals surface area contributed by atoms with Gasteiger partial charge in [-0.05, 0) is 42.3 Å². The third-order valence-corrected chi connectivity index (χ3v) is 5.70. The van der Waals surface area contributed by atoms with Crippen molar-refractivity contribution in [1.29, 1.82) is 0 Å². The van der Waals surface area contributed by atoms with Gasteiger partial charge in [0.05, 0.1) is 11.4 Å². The fourth-order valence-corrected chi connectivity index (χ4v) is 4.23. The topological polar surface area (TPSA) is 86.9 Å². The monoisotopic (exact) mass is 328 g/mol. The van der Waals surface area contributed by atoms with Crippen molar-refractivity contribution in [3.63, 3.8) is 0 Å². The van der Waals surface area contributed by atoms with Gasteiger partial charge in [0.1, 0.15) is 4.90 Å². The van der Waals surface area contributed by atoms with E-state index in [0.29, 0.717) is 24.5 Å². The molecule has 0 aromatic carbocycles. The van der Waals surface area contributed by atoms with Crippen LogP contribution in [0.15, 0.2) is 15.7 Å². The maximum absolute atomic E-state index is 12.5. The first kappa shape index (κ1) is 16.2. The molecule has 0 saturated heterocycles. The van der Waals surface area contributed by atoms with Crippen molar-refractivity contribution in [1.82, 2.24) is 20.2 Å². The molecule has 0 aliphatic rings. The largest absolute Gasteiger partial charge is 0.311 e. The van der Waals surface area contributed by atoms with Gasteiger partial charge in [-0.3, -0.25) is 5.10 Å². The number of sulfonamides is 1. The van der Waals surface area contributed by atoms with Crippen molar-refractivity contribution < 1.29 is 8.42 Å². The van der Waals surface area contributed by atoms with Crippen LogP contribution in [-0.4, -0.2) is 25.2 Å². The number of hydrogen-bond acceptors (Lipinski definition) is 5. The highest BCUT2D eigenvalue weighted by atomic mass is 32.2. The number of nitrogens with zero attached hydrogens (tertiary/aromatic N) is 1. The Morgan fingerprint density at radius 2 is 2.05 bits per heavy atom. The van der Waals surface area contributed by atoms with E-state index in [2.05, 4.69) is 20.2 Å². The first-order valence-electron chi connectivity index (χ1n) is 6.71. The van der Waals surface area contributed by atoms with Crippen LogP contribution in [-0.2, 0) is 23.1 Å². The predicted octanol–water partition coefficient (Wildman–Crippen LogP) is 1.68. The molecule has 3 N–H and O–H groups in total. The lowest BCUT2D eigenvalue weighted by Gasteiger charge is -2.08. The number of rotatable bonds is 7. The van der Waals surface area contributed by atoms with Gasteiger partial charge in [0.25, 0.3) is 0 Å². The number of thiophene rings is 1. The predicted molar refractivity (Wildman–Crippen MR) is 83.8 cm³/mol. The molecular formula is C13H20N4O2S2. The molecule has 0 atom stereocenters. The fraction of sp³-hybridized carbons (Fsp3) is 0.462. The molecule has 0 bridgehead atoms. The van der Waals surface area contributed by atoms with Crippen molar-refractivity contribution in [2.45, 2.75) is 38.8 Å². The first-order valence-corrected chi connectivity index (χ1v) is 9.14. The van der Waals surface area contributed by atoms with Crippen molar-refractivity contribution in [3.8, 4) is 0 Å². The van der Waals surface area contributed by atoms with Crippen molar-refractivity contribution in [2.24, 2.45) is 0 Å². The normalized spacial score (nSPS) is 12.0. The van der Waals surface area contributed by atoms with Crippen LogP contribution in [0.5, 0.6) is 0 Å². The third kappa shape index (κ3) is 3.70.